The first-order valence-corrected chi connectivity index (χ1v) is 7.18. The summed E-state index contributed by atoms with van der Waals surface area (Å²) in [5.41, 5.74) is -0.715. The number of rotatable bonds is 6. The molecule has 0 aromatic heterocycles. The van der Waals surface area contributed by atoms with Gasteiger partial charge in [0, 0.05) is 24.4 Å². The maximum atomic E-state index is 12.8. The fourth-order valence-electron chi connectivity index (χ4n) is 2.10. The van der Waals surface area contributed by atoms with Gasteiger partial charge in [-0.15, -0.1) is 12.4 Å². The second kappa shape index (κ2) is 8.55. The maximum absolute atomic E-state index is 12.8. The Morgan fingerprint density at radius 3 is 2.30 bits per heavy atom. The van der Waals surface area contributed by atoms with Crippen LogP contribution in [0, 0.1) is 5.92 Å². The lowest BCUT2D eigenvalue weighted by Gasteiger charge is -2.27. The molecule has 0 aliphatic heterocycles. The van der Waals surface area contributed by atoms with Gasteiger partial charge in [-0.25, -0.2) is 0 Å². The number of hydrogen-bond donors (Lipinski definition) is 2. The van der Waals surface area contributed by atoms with Crippen LogP contribution in [0.15, 0.2) is 24.3 Å². The molecular formula is C16H24ClF3N2O. The van der Waals surface area contributed by atoms with Gasteiger partial charge in [0.15, 0.2) is 0 Å². The molecule has 1 atom stereocenters. The molecule has 1 aromatic carbocycles. The molecule has 1 rings (SSSR count). The quantitative estimate of drug-likeness (QED) is 0.824. The van der Waals surface area contributed by atoms with Crippen molar-refractivity contribution in [2.45, 2.75) is 32.4 Å². The number of hydrogen-bond acceptors (Lipinski definition) is 2. The number of carbonyl (C=O) groups excluding carboxylic acids is 1. The molecule has 0 fully saturated rings. The third kappa shape index (κ3) is 6.39. The molecule has 0 saturated heterocycles. The first-order chi connectivity index (χ1) is 10.1. The largest absolute Gasteiger partial charge is 0.416 e. The summed E-state index contributed by atoms with van der Waals surface area (Å²) < 4.78 is 38.4. The highest BCUT2D eigenvalue weighted by Crippen LogP contribution is 2.32. The number of nitrogens with one attached hydrogen (secondary N) is 2. The molecule has 3 nitrogen and oxygen atoms in total. The number of amides is 1. The van der Waals surface area contributed by atoms with Crippen molar-refractivity contribution in [2.24, 2.45) is 5.92 Å². The van der Waals surface area contributed by atoms with E-state index in [-0.39, 0.29) is 30.8 Å². The molecule has 0 aliphatic rings. The van der Waals surface area contributed by atoms with E-state index in [1.807, 2.05) is 13.8 Å². The van der Waals surface area contributed by atoms with E-state index in [4.69, 9.17) is 0 Å². The van der Waals surface area contributed by atoms with Gasteiger partial charge >= 0.3 is 6.18 Å². The highest BCUT2D eigenvalue weighted by atomic mass is 35.5. The van der Waals surface area contributed by atoms with Crippen molar-refractivity contribution >= 4 is 18.3 Å². The van der Waals surface area contributed by atoms with E-state index in [0.29, 0.717) is 12.1 Å². The van der Waals surface area contributed by atoms with Gasteiger partial charge in [0.05, 0.1) is 5.56 Å². The van der Waals surface area contributed by atoms with Gasteiger partial charge in [-0.3, -0.25) is 4.79 Å². The summed E-state index contributed by atoms with van der Waals surface area (Å²) in [5, 5.41) is 5.72. The fourth-order valence-corrected chi connectivity index (χ4v) is 2.10. The second-order valence-electron chi connectivity index (χ2n) is 6.14. The van der Waals surface area contributed by atoms with Crippen LogP contribution >= 0.6 is 12.4 Å². The molecule has 1 aromatic rings. The Labute approximate surface area is 141 Å². The molecule has 1 amide bonds. The summed E-state index contributed by atoms with van der Waals surface area (Å²) in [6, 6.07) is 5.24. The SMILES string of the molecule is CNCC(C)C(=O)NCC(C)(C)c1cccc(C(F)(F)F)c1.Cl. The molecule has 23 heavy (non-hydrogen) atoms. The Morgan fingerprint density at radius 2 is 1.78 bits per heavy atom. The standard InChI is InChI=1S/C16H23F3N2O.ClH/c1-11(9-20-4)14(22)21-10-15(2,3)12-6-5-7-13(8-12)16(17,18)19;/h5-8,11,20H,9-10H2,1-4H3,(H,21,22);1H. The minimum absolute atomic E-state index is 0. The van der Waals surface area contributed by atoms with E-state index in [0.717, 1.165) is 12.1 Å². The molecule has 0 heterocycles. The van der Waals surface area contributed by atoms with Gasteiger partial charge in [0.2, 0.25) is 5.91 Å². The van der Waals surface area contributed by atoms with E-state index >= 15 is 0 Å². The number of halogens is 4. The normalized spacial score (nSPS) is 13.2. The van der Waals surface area contributed by atoms with Gasteiger partial charge in [0.25, 0.3) is 0 Å². The van der Waals surface area contributed by atoms with Crippen LogP contribution in [-0.2, 0) is 16.4 Å². The molecule has 7 heteroatoms. The Kier molecular flexibility index (Phi) is 8.07. The lowest BCUT2D eigenvalue weighted by atomic mass is 9.83. The Morgan fingerprint density at radius 1 is 1.22 bits per heavy atom. The number of benzene rings is 1. The highest BCUT2D eigenvalue weighted by Gasteiger charge is 2.32. The Hall–Kier alpha value is -1.27. The lowest BCUT2D eigenvalue weighted by Crippen LogP contribution is -2.41. The van der Waals surface area contributed by atoms with Crippen molar-refractivity contribution in [3.05, 3.63) is 35.4 Å². The summed E-state index contributed by atoms with van der Waals surface area (Å²) in [6.45, 7) is 6.25. The Balaban J connectivity index is 0.00000484. The van der Waals surface area contributed by atoms with Gasteiger partial charge in [-0.05, 0) is 18.7 Å². The summed E-state index contributed by atoms with van der Waals surface area (Å²) in [5.74, 6) is -0.309. The molecule has 0 aliphatic carbocycles. The van der Waals surface area contributed by atoms with Crippen molar-refractivity contribution in [3.63, 3.8) is 0 Å². The van der Waals surface area contributed by atoms with E-state index in [9.17, 15) is 18.0 Å². The van der Waals surface area contributed by atoms with Crippen LogP contribution in [0.3, 0.4) is 0 Å². The van der Waals surface area contributed by atoms with Crippen LogP contribution in [0.5, 0.6) is 0 Å². The molecule has 0 bridgehead atoms. The fraction of sp³-hybridized carbons (Fsp3) is 0.562. The van der Waals surface area contributed by atoms with Crippen LogP contribution < -0.4 is 10.6 Å². The molecule has 0 radical (unpaired) electrons. The van der Waals surface area contributed by atoms with Gasteiger partial charge in [-0.1, -0.05) is 39.0 Å². The van der Waals surface area contributed by atoms with Crippen molar-refractivity contribution in [1.29, 1.82) is 0 Å². The van der Waals surface area contributed by atoms with E-state index in [1.165, 1.54) is 6.07 Å². The molecule has 0 spiro atoms. The van der Waals surface area contributed by atoms with E-state index < -0.39 is 17.2 Å². The maximum Gasteiger partial charge on any atom is 0.416 e. The molecule has 2 N–H and O–H groups in total. The van der Waals surface area contributed by atoms with Gasteiger partial charge in [-0.2, -0.15) is 13.2 Å². The lowest BCUT2D eigenvalue weighted by molar-refractivity contribution is -0.137. The van der Waals surface area contributed by atoms with E-state index in [2.05, 4.69) is 10.6 Å². The van der Waals surface area contributed by atoms with Crippen LogP contribution in [0.4, 0.5) is 13.2 Å². The van der Waals surface area contributed by atoms with Crippen molar-refractivity contribution in [1.82, 2.24) is 10.6 Å². The summed E-state index contributed by atoms with van der Waals surface area (Å²) in [7, 11) is 1.76. The van der Waals surface area contributed by atoms with Crippen molar-refractivity contribution in [3.8, 4) is 0 Å². The van der Waals surface area contributed by atoms with Crippen molar-refractivity contribution in [2.75, 3.05) is 20.1 Å². The molecule has 132 valence electrons. The average molecular weight is 353 g/mol. The zero-order valence-electron chi connectivity index (χ0n) is 13.8. The topological polar surface area (TPSA) is 41.1 Å². The average Bonchev–Trinajstić information content (AvgIpc) is 2.44. The zero-order chi connectivity index (χ0) is 17.0. The summed E-state index contributed by atoms with van der Waals surface area (Å²) in [6.07, 6.45) is -4.36. The second-order valence-corrected chi connectivity index (χ2v) is 6.14. The Bertz CT molecular complexity index is 518. The number of alkyl halides is 3. The summed E-state index contributed by atoms with van der Waals surface area (Å²) in [4.78, 5) is 11.9. The number of carbonyl (C=O) groups is 1. The smallest absolute Gasteiger partial charge is 0.355 e. The molecular weight excluding hydrogens is 329 g/mol. The molecule has 0 saturated carbocycles. The third-order valence-corrected chi connectivity index (χ3v) is 3.63. The first-order valence-electron chi connectivity index (χ1n) is 7.18. The minimum Gasteiger partial charge on any atom is -0.355 e. The third-order valence-electron chi connectivity index (χ3n) is 3.63. The van der Waals surface area contributed by atoms with Crippen LogP contribution in [-0.4, -0.2) is 26.0 Å². The van der Waals surface area contributed by atoms with Gasteiger partial charge in [0.1, 0.15) is 0 Å². The predicted molar refractivity (Wildman–Crippen MR) is 87.8 cm³/mol. The van der Waals surface area contributed by atoms with Crippen molar-refractivity contribution < 1.29 is 18.0 Å². The predicted octanol–water partition coefficient (Wildman–Crippen LogP) is 3.38. The van der Waals surface area contributed by atoms with Crippen LogP contribution in [0.1, 0.15) is 31.9 Å². The highest BCUT2D eigenvalue weighted by molar-refractivity contribution is 5.85. The first kappa shape index (κ1) is 21.7. The zero-order valence-corrected chi connectivity index (χ0v) is 14.6. The molecule has 1 unspecified atom stereocenters. The van der Waals surface area contributed by atoms with Crippen LogP contribution in [0.2, 0.25) is 0 Å². The monoisotopic (exact) mass is 352 g/mol. The minimum atomic E-state index is -4.36. The van der Waals surface area contributed by atoms with E-state index in [1.54, 1.807) is 20.0 Å². The van der Waals surface area contributed by atoms with Crippen LogP contribution in [0.25, 0.3) is 0 Å². The van der Waals surface area contributed by atoms with Gasteiger partial charge < -0.3 is 10.6 Å². The summed E-state index contributed by atoms with van der Waals surface area (Å²) >= 11 is 0.